The van der Waals surface area contributed by atoms with E-state index in [9.17, 15) is 14.4 Å². The molecule has 0 aliphatic carbocycles. The largest absolute Gasteiger partial charge is 0.464 e. The highest BCUT2D eigenvalue weighted by molar-refractivity contribution is 8.00. The summed E-state index contributed by atoms with van der Waals surface area (Å²) >= 11 is 1.54. The van der Waals surface area contributed by atoms with Gasteiger partial charge in [0.05, 0.1) is 11.5 Å². The summed E-state index contributed by atoms with van der Waals surface area (Å²) in [5.41, 5.74) is 0. The van der Waals surface area contributed by atoms with Crippen LogP contribution >= 0.6 is 11.8 Å². The normalized spacial score (nSPS) is 22.0. The van der Waals surface area contributed by atoms with E-state index < -0.39 is 22.9 Å². The van der Waals surface area contributed by atoms with Gasteiger partial charge in [-0.2, -0.15) is 0 Å². The summed E-state index contributed by atoms with van der Waals surface area (Å²) in [6, 6.07) is -1.25. The van der Waals surface area contributed by atoms with Crippen LogP contribution in [0.25, 0.3) is 0 Å². The third kappa shape index (κ3) is 4.12. The second-order valence-electron chi connectivity index (χ2n) is 5.77. The Morgan fingerprint density at radius 3 is 2.57 bits per heavy atom. The zero-order valence-electron chi connectivity index (χ0n) is 13.2. The van der Waals surface area contributed by atoms with Gasteiger partial charge in [0.1, 0.15) is 12.1 Å². The lowest BCUT2D eigenvalue weighted by Crippen LogP contribution is -2.54. The molecule has 0 aromatic carbocycles. The molecule has 1 rings (SSSR count). The third-order valence-electron chi connectivity index (χ3n) is 3.47. The highest BCUT2D eigenvalue weighted by atomic mass is 32.2. The molecule has 21 heavy (non-hydrogen) atoms. The summed E-state index contributed by atoms with van der Waals surface area (Å²) in [6.07, 6.45) is 0.693. The maximum atomic E-state index is 12.4. The van der Waals surface area contributed by atoms with Crippen LogP contribution in [0.2, 0.25) is 0 Å². The number of nitrogens with zero attached hydrogens (tertiary/aromatic N) is 1. The third-order valence-corrected chi connectivity index (χ3v) is 4.87. The van der Waals surface area contributed by atoms with Gasteiger partial charge < -0.3 is 15.0 Å². The van der Waals surface area contributed by atoms with Crippen LogP contribution in [0, 0.1) is 5.92 Å². The first-order valence-electron chi connectivity index (χ1n) is 7.09. The van der Waals surface area contributed by atoms with Crippen molar-refractivity contribution in [2.75, 3.05) is 12.4 Å². The average molecular weight is 316 g/mol. The SMILES string of the molecule is CCOC(=O)[C@H](NC(=O)[C@H]1CSC(C)(C)N1C=O)C(C)C. The molecule has 1 saturated heterocycles. The molecule has 0 spiro atoms. The Kier molecular flexibility index (Phi) is 6.07. The lowest BCUT2D eigenvalue weighted by atomic mass is 10.0. The monoisotopic (exact) mass is 316 g/mol. The van der Waals surface area contributed by atoms with Crippen molar-refractivity contribution in [2.45, 2.75) is 51.6 Å². The molecular formula is C14H24N2O4S. The first kappa shape index (κ1) is 17.8. The molecule has 1 aliphatic heterocycles. The van der Waals surface area contributed by atoms with Crippen molar-refractivity contribution >= 4 is 30.0 Å². The maximum absolute atomic E-state index is 12.4. The molecule has 6 nitrogen and oxygen atoms in total. The number of amides is 2. The van der Waals surface area contributed by atoms with Crippen molar-refractivity contribution in [2.24, 2.45) is 5.92 Å². The van der Waals surface area contributed by atoms with E-state index in [2.05, 4.69) is 5.32 Å². The fourth-order valence-corrected chi connectivity index (χ4v) is 3.39. The van der Waals surface area contributed by atoms with Crippen molar-refractivity contribution < 1.29 is 19.1 Å². The fraction of sp³-hybridized carbons (Fsp3) is 0.786. The minimum absolute atomic E-state index is 0.0836. The van der Waals surface area contributed by atoms with E-state index in [1.165, 1.54) is 4.90 Å². The number of rotatable bonds is 6. The quantitative estimate of drug-likeness (QED) is 0.584. The first-order valence-corrected chi connectivity index (χ1v) is 8.07. The van der Waals surface area contributed by atoms with Gasteiger partial charge in [-0.05, 0) is 26.7 Å². The van der Waals surface area contributed by atoms with Gasteiger partial charge in [-0.3, -0.25) is 9.59 Å². The van der Waals surface area contributed by atoms with Gasteiger partial charge in [-0.25, -0.2) is 4.79 Å². The molecule has 1 heterocycles. The number of carbonyl (C=O) groups excluding carboxylic acids is 3. The Hall–Kier alpha value is -1.24. The van der Waals surface area contributed by atoms with Crippen molar-refractivity contribution in [3.05, 3.63) is 0 Å². The lowest BCUT2D eigenvalue weighted by molar-refractivity contribution is -0.149. The van der Waals surface area contributed by atoms with Gasteiger partial charge in [-0.1, -0.05) is 13.8 Å². The zero-order chi connectivity index (χ0) is 16.2. The lowest BCUT2D eigenvalue weighted by Gasteiger charge is -2.31. The maximum Gasteiger partial charge on any atom is 0.328 e. The Labute approximate surface area is 130 Å². The van der Waals surface area contributed by atoms with Gasteiger partial charge in [-0.15, -0.1) is 11.8 Å². The molecule has 2 amide bonds. The minimum atomic E-state index is -0.695. The highest BCUT2D eigenvalue weighted by Gasteiger charge is 2.43. The second-order valence-corrected chi connectivity index (χ2v) is 7.39. The molecule has 0 unspecified atom stereocenters. The molecule has 120 valence electrons. The summed E-state index contributed by atoms with van der Waals surface area (Å²) in [5.74, 6) is -0.319. The summed E-state index contributed by atoms with van der Waals surface area (Å²) in [5, 5.41) is 2.72. The predicted octanol–water partition coefficient (Wildman–Crippen LogP) is 1.00. The molecule has 0 saturated carbocycles. The van der Waals surface area contributed by atoms with Gasteiger partial charge in [0, 0.05) is 5.75 Å². The number of hydrogen-bond donors (Lipinski definition) is 1. The van der Waals surface area contributed by atoms with Gasteiger partial charge >= 0.3 is 5.97 Å². The molecule has 2 atom stereocenters. The summed E-state index contributed by atoms with van der Waals surface area (Å²) in [7, 11) is 0. The molecule has 0 bridgehead atoms. The number of nitrogens with one attached hydrogen (secondary N) is 1. The topological polar surface area (TPSA) is 75.7 Å². The Morgan fingerprint density at radius 2 is 2.10 bits per heavy atom. The summed E-state index contributed by atoms with van der Waals surface area (Å²) in [4.78, 5) is 36.6. The number of carbonyl (C=O) groups is 3. The van der Waals surface area contributed by atoms with E-state index in [4.69, 9.17) is 4.74 Å². The average Bonchev–Trinajstić information content (AvgIpc) is 2.70. The van der Waals surface area contributed by atoms with Crippen molar-refractivity contribution in [1.29, 1.82) is 0 Å². The number of esters is 1. The zero-order valence-corrected chi connectivity index (χ0v) is 14.0. The Balaban J connectivity index is 2.79. The first-order chi connectivity index (χ1) is 9.74. The van der Waals surface area contributed by atoms with E-state index in [-0.39, 0.29) is 18.4 Å². The van der Waals surface area contributed by atoms with Gasteiger partial charge in [0.15, 0.2) is 0 Å². The summed E-state index contributed by atoms with van der Waals surface area (Å²) < 4.78 is 4.98. The summed E-state index contributed by atoms with van der Waals surface area (Å²) in [6.45, 7) is 9.46. The molecule has 1 N–H and O–H groups in total. The number of hydrogen-bond acceptors (Lipinski definition) is 5. The molecule has 0 aromatic heterocycles. The minimum Gasteiger partial charge on any atom is -0.464 e. The molecule has 1 aliphatic rings. The van der Waals surface area contributed by atoms with Crippen LogP contribution in [0.4, 0.5) is 0 Å². The van der Waals surface area contributed by atoms with Crippen LogP contribution < -0.4 is 5.32 Å². The number of ether oxygens (including phenoxy) is 1. The molecule has 0 radical (unpaired) electrons. The van der Waals surface area contributed by atoms with Gasteiger partial charge in [0.25, 0.3) is 0 Å². The highest BCUT2D eigenvalue weighted by Crippen LogP contribution is 2.37. The fourth-order valence-electron chi connectivity index (χ4n) is 2.19. The molecular weight excluding hydrogens is 292 g/mol. The Morgan fingerprint density at radius 1 is 1.48 bits per heavy atom. The van der Waals surface area contributed by atoms with Crippen LogP contribution in [-0.4, -0.2) is 52.5 Å². The molecule has 1 fully saturated rings. The second kappa shape index (κ2) is 7.15. The van der Waals surface area contributed by atoms with E-state index >= 15 is 0 Å². The van der Waals surface area contributed by atoms with Gasteiger partial charge in [0.2, 0.25) is 12.3 Å². The Bertz CT molecular complexity index is 412. The van der Waals surface area contributed by atoms with E-state index in [1.807, 2.05) is 27.7 Å². The predicted molar refractivity (Wildman–Crippen MR) is 81.6 cm³/mol. The van der Waals surface area contributed by atoms with Crippen LogP contribution in [0.3, 0.4) is 0 Å². The van der Waals surface area contributed by atoms with E-state index in [0.717, 1.165) is 0 Å². The van der Waals surface area contributed by atoms with Crippen molar-refractivity contribution in [3.8, 4) is 0 Å². The molecule has 0 aromatic rings. The van der Waals surface area contributed by atoms with E-state index in [0.29, 0.717) is 12.2 Å². The van der Waals surface area contributed by atoms with E-state index in [1.54, 1.807) is 18.7 Å². The van der Waals surface area contributed by atoms with Crippen LogP contribution in [0.1, 0.15) is 34.6 Å². The number of thioether (sulfide) groups is 1. The van der Waals surface area contributed by atoms with Crippen LogP contribution in [0.15, 0.2) is 0 Å². The van der Waals surface area contributed by atoms with Crippen LogP contribution in [0.5, 0.6) is 0 Å². The van der Waals surface area contributed by atoms with Crippen molar-refractivity contribution in [1.82, 2.24) is 10.2 Å². The molecule has 7 heteroatoms. The standard InChI is InChI=1S/C14H24N2O4S/c1-6-20-13(19)11(9(2)3)15-12(18)10-7-21-14(4,5)16(10)8-17/h8-11H,6-7H2,1-5H3,(H,15,18)/t10-,11-/m1/s1. The van der Waals surface area contributed by atoms with Crippen molar-refractivity contribution in [3.63, 3.8) is 0 Å². The smallest absolute Gasteiger partial charge is 0.328 e. The van der Waals surface area contributed by atoms with Crippen LogP contribution in [-0.2, 0) is 19.1 Å².